The topological polar surface area (TPSA) is 38.8 Å². The quantitative estimate of drug-likeness (QED) is 0.689. The molecule has 0 N–H and O–H groups in total. The molecule has 1 aromatic carbocycles. The second-order valence-electron chi connectivity index (χ2n) is 4.71. The van der Waals surface area contributed by atoms with Crippen LogP contribution in [-0.4, -0.2) is 38.1 Å². The van der Waals surface area contributed by atoms with Crippen LogP contribution in [0.1, 0.15) is 32.3 Å². The summed E-state index contributed by atoms with van der Waals surface area (Å²) < 4.78 is 10.5. The lowest BCUT2D eigenvalue weighted by Crippen LogP contribution is -2.30. The highest BCUT2D eigenvalue weighted by Gasteiger charge is 2.08. The Bertz CT molecular complexity index is 483. The molecule has 0 aliphatic heterocycles. The molecular weight excluding hydrogens is 266 g/mol. The summed E-state index contributed by atoms with van der Waals surface area (Å²) in [6.07, 6.45) is 5.47. The monoisotopic (exact) mass is 291 g/mol. The smallest absolute Gasteiger partial charge is 0.246 e. The Morgan fingerprint density at radius 1 is 1.24 bits per heavy atom. The van der Waals surface area contributed by atoms with Crippen molar-refractivity contribution in [2.75, 3.05) is 27.3 Å². The maximum absolute atomic E-state index is 12.2. The summed E-state index contributed by atoms with van der Waals surface area (Å²) in [5, 5.41) is 0. The molecule has 0 unspecified atom stereocenters. The van der Waals surface area contributed by atoms with Crippen LogP contribution in [0.2, 0.25) is 0 Å². The molecule has 0 saturated heterocycles. The lowest BCUT2D eigenvalue weighted by atomic mass is 10.1. The highest BCUT2D eigenvalue weighted by molar-refractivity contribution is 5.92. The molecule has 0 heterocycles. The predicted octanol–water partition coefficient (Wildman–Crippen LogP) is 3.37. The van der Waals surface area contributed by atoms with Crippen LogP contribution < -0.4 is 9.47 Å². The summed E-state index contributed by atoms with van der Waals surface area (Å²) in [6, 6.07) is 5.51. The summed E-state index contributed by atoms with van der Waals surface area (Å²) >= 11 is 0. The number of hydrogen-bond donors (Lipinski definition) is 0. The van der Waals surface area contributed by atoms with Crippen molar-refractivity contribution in [1.82, 2.24) is 4.90 Å². The van der Waals surface area contributed by atoms with E-state index in [1.807, 2.05) is 30.0 Å². The largest absolute Gasteiger partial charge is 0.497 e. The number of nitrogens with zero attached hydrogens (tertiary/aromatic N) is 1. The molecule has 116 valence electrons. The van der Waals surface area contributed by atoms with Gasteiger partial charge >= 0.3 is 0 Å². The lowest BCUT2D eigenvalue weighted by molar-refractivity contribution is -0.125. The predicted molar refractivity (Wildman–Crippen MR) is 85.7 cm³/mol. The van der Waals surface area contributed by atoms with Gasteiger partial charge in [0.15, 0.2) is 0 Å². The molecule has 1 rings (SSSR count). The first-order valence-electron chi connectivity index (χ1n) is 7.35. The highest BCUT2D eigenvalue weighted by Crippen LogP contribution is 2.25. The van der Waals surface area contributed by atoms with E-state index in [1.54, 1.807) is 26.4 Å². The van der Waals surface area contributed by atoms with Crippen LogP contribution in [-0.2, 0) is 4.79 Å². The minimum atomic E-state index is 0.0239. The van der Waals surface area contributed by atoms with E-state index in [0.29, 0.717) is 0 Å². The third-order valence-corrected chi connectivity index (χ3v) is 3.32. The molecule has 1 amide bonds. The van der Waals surface area contributed by atoms with Crippen LogP contribution in [0.3, 0.4) is 0 Å². The second-order valence-corrected chi connectivity index (χ2v) is 4.71. The standard InChI is InChI=1S/C17H25NO3/c1-5-7-12-18(6-2)17(19)11-8-14-13-15(20-3)9-10-16(14)21-4/h8-11,13H,5-7,12H2,1-4H3/b11-8+. The van der Waals surface area contributed by atoms with Gasteiger partial charge in [-0.1, -0.05) is 13.3 Å². The van der Waals surface area contributed by atoms with Crippen molar-refractivity contribution in [2.45, 2.75) is 26.7 Å². The van der Waals surface area contributed by atoms with Gasteiger partial charge in [-0.15, -0.1) is 0 Å². The molecule has 0 fully saturated rings. The third kappa shape index (κ3) is 5.14. The molecule has 0 bridgehead atoms. The molecule has 0 aliphatic carbocycles. The molecule has 0 atom stereocenters. The van der Waals surface area contributed by atoms with Gasteiger partial charge in [-0.3, -0.25) is 4.79 Å². The van der Waals surface area contributed by atoms with Gasteiger partial charge in [-0.2, -0.15) is 0 Å². The first kappa shape index (κ1) is 17.1. The number of carbonyl (C=O) groups excluding carboxylic acids is 1. The van der Waals surface area contributed by atoms with E-state index >= 15 is 0 Å². The first-order valence-corrected chi connectivity index (χ1v) is 7.35. The number of hydrogen-bond acceptors (Lipinski definition) is 3. The zero-order valence-electron chi connectivity index (χ0n) is 13.4. The normalized spacial score (nSPS) is 10.7. The summed E-state index contributed by atoms with van der Waals surface area (Å²) in [6.45, 7) is 5.63. The van der Waals surface area contributed by atoms with Crippen LogP contribution in [0.15, 0.2) is 24.3 Å². The second kappa shape index (κ2) is 9.06. The minimum Gasteiger partial charge on any atom is -0.497 e. The van der Waals surface area contributed by atoms with Crippen molar-refractivity contribution in [3.05, 3.63) is 29.8 Å². The van der Waals surface area contributed by atoms with Crippen LogP contribution in [0, 0.1) is 0 Å². The van der Waals surface area contributed by atoms with Gasteiger partial charge in [-0.25, -0.2) is 0 Å². The molecule has 4 heteroatoms. The Morgan fingerprint density at radius 2 is 2.00 bits per heavy atom. The Morgan fingerprint density at radius 3 is 2.57 bits per heavy atom. The summed E-state index contributed by atoms with van der Waals surface area (Å²) in [4.78, 5) is 14.0. The molecule has 1 aromatic rings. The van der Waals surface area contributed by atoms with Crippen LogP contribution in [0.5, 0.6) is 11.5 Å². The number of benzene rings is 1. The fourth-order valence-electron chi connectivity index (χ4n) is 2.01. The van der Waals surface area contributed by atoms with Crippen molar-refractivity contribution in [3.63, 3.8) is 0 Å². The van der Waals surface area contributed by atoms with Gasteiger partial charge in [0.1, 0.15) is 11.5 Å². The van der Waals surface area contributed by atoms with E-state index in [-0.39, 0.29) is 5.91 Å². The maximum Gasteiger partial charge on any atom is 0.246 e. The summed E-state index contributed by atoms with van der Waals surface area (Å²) in [5.41, 5.74) is 0.830. The van der Waals surface area contributed by atoms with Gasteiger partial charge in [-0.05, 0) is 37.6 Å². The van der Waals surface area contributed by atoms with Crippen LogP contribution >= 0.6 is 0 Å². The minimum absolute atomic E-state index is 0.0239. The average molecular weight is 291 g/mol. The Kier molecular flexibility index (Phi) is 7.37. The number of ether oxygens (including phenoxy) is 2. The van der Waals surface area contributed by atoms with Crippen molar-refractivity contribution in [3.8, 4) is 11.5 Å². The highest BCUT2D eigenvalue weighted by atomic mass is 16.5. The average Bonchev–Trinajstić information content (AvgIpc) is 2.53. The lowest BCUT2D eigenvalue weighted by Gasteiger charge is -2.18. The summed E-state index contributed by atoms with van der Waals surface area (Å²) in [7, 11) is 3.23. The molecule has 0 aliphatic rings. The van der Waals surface area contributed by atoms with E-state index in [0.717, 1.165) is 43.0 Å². The van der Waals surface area contributed by atoms with Crippen LogP contribution in [0.4, 0.5) is 0 Å². The van der Waals surface area contributed by atoms with E-state index in [9.17, 15) is 4.79 Å². The van der Waals surface area contributed by atoms with Gasteiger partial charge in [0.25, 0.3) is 0 Å². The maximum atomic E-state index is 12.2. The zero-order chi connectivity index (χ0) is 15.7. The van der Waals surface area contributed by atoms with Gasteiger partial charge < -0.3 is 14.4 Å². The Labute approximate surface area is 127 Å². The van der Waals surface area contributed by atoms with Gasteiger partial charge in [0.05, 0.1) is 14.2 Å². The number of methoxy groups -OCH3 is 2. The van der Waals surface area contributed by atoms with E-state index in [4.69, 9.17) is 9.47 Å². The van der Waals surface area contributed by atoms with E-state index in [1.165, 1.54) is 0 Å². The van der Waals surface area contributed by atoms with E-state index in [2.05, 4.69) is 6.92 Å². The van der Waals surface area contributed by atoms with E-state index < -0.39 is 0 Å². The fraction of sp³-hybridized carbons (Fsp3) is 0.471. The third-order valence-electron chi connectivity index (χ3n) is 3.32. The van der Waals surface area contributed by atoms with Crippen molar-refractivity contribution >= 4 is 12.0 Å². The van der Waals surface area contributed by atoms with Gasteiger partial charge in [0.2, 0.25) is 5.91 Å². The summed E-state index contributed by atoms with van der Waals surface area (Å²) in [5.74, 6) is 1.48. The number of rotatable bonds is 8. The number of carbonyl (C=O) groups is 1. The molecule has 0 radical (unpaired) electrons. The van der Waals surface area contributed by atoms with Crippen molar-refractivity contribution in [2.24, 2.45) is 0 Å². The molecule has 0 aromatic heterocycles. The number of amides is 1. The van der Waals surface area contributed by atoms with Crippen molar-refractivity contribution < 1.29 is 14.3 Å². The van der Waals surface area contributed by atoms with Gasteiger partial charge in [0, 0.05) is 24.7 Å². The molecule has 0 saturated carbocycles. The molecule has 21 heavy (non-hydrogen) atoms. The number of unbranched alkanes of at least 4 members (excludes halogenated alkanes) is 1. The van der Waals surface area contributed by atoms with Crippen molar-refractivity contribution in [1.29, 1.82) is 0 Å². The molecule has 0 spiro atoms. The van der Waals surface area contributed by atoms with Crippen LogP contribution in [0.25, 0.3) is 6.08 Å². The SMILES string of the molecule is CCCCN(CC)C(=O)/C=C/c1cc(OC)ccc1OC. The molecule has 4 nitrogen and oxygen atoms in total. The number of likely N-dealkylation sites (N-methyl/N-ethyl adjacent to an activating group) is 1. The Hall–Kier alpha value is -1.97. The molecular formula is C17H25NO3. The Balaban J connectivity index is 2.85. The first-order chi connectivity index (χ1) is 10.2. The zero-order valence-corrected chi connectivity index (χ0v) is 13.4. The fourth-order valence-corrected chi connectivity index (χ4v) is 2.01.